The van der Waals surface area contributed by atoms with Crippen molar-refractivity contribution in [2.45, 2.75) is 31.2 Å². The summed E-state index contributed by atoms with van der Waals surface area (Å²) in [6.45, 7) is 2.39. The van der Waals surface area contributed by atoms with Crippen molar-refractivity contribution < 1.29 is 23.5 Å². The third-order valence-electron chi connectivity index (χ3n) is 6.74. The lowest BCUT2D eigenvalue weighted by molar-refractivity contribution is -0.139. The fourth-order valence-corrected chi connectivity index (χ4v) is 4.64. The molecule has 2 aliphatic rings. The second-order valence-corrected chi connectivity index (χ2v) is 8.85. The summed E-state index contributed by atoms with van der Waals surface area (Å²) in [4.78, 5) is 46.0. The van der Waals surface area contributed by atoms with E-state index in [2.05, 4.69) is 10.3 Å². The van der Waals surface area contributed by atoms with Gasteiger partial charge in [-0.25, -0.2) is 9.78 Å². The standard InChI is InChI=1S/C25H26N4O5/c1-25(17-7-9-18(33-2)10-8-17)23(31)29(24(32)27-25)15-21(30)28-13-11-16(12-14-28)22-26-19-5-3-4-6-20(19)34-22/h3-10,16H,11-15H2,1-2H3,(H,27,32). The van der Waals surface area contributed by atoms with Gasteiger partial charge >= 0.3 is 6.03 Å². The molecule has 1 N–H and O–H groups in total. The van der Waals surface area contributed by atoms with Crippen molar-refractivity contribution in [2.24, 2.45) is 0 Å². The van der Waals surface area contributed by atoms with Crippen LogP contribution in [-0.2, 0) is 15.1 Å². The molecule has 2 fully saturated rings. The van der Waals surface area contributed by atoms with E-state index in [1.807, 2.05) is 24.3 Å². The molecule has 2 aliphatic heterocycles. The summed E-state index contributed by atoms with van der Waals surface area (Å²) in [6, 6.07) is 14.0. The van der Waals surface area contributed by atoms with Gasteiger partial charge in [0.2, 0.25) is 5.91 Å². The van der Waals surface area contributed by atoms with Gasteiger partial charge in [-0.15, -0.1) is 0 Å². The van der Waals surface area contributed by atoms with E-state index in [1.54, 1.807) is 43.2 Å². The predicted molar refractivity (Wildman–Crippen MR) is 123 cm³/mol. The van der Waals surface area contributed by atoms with Crippen molar-refractivity contribution in [1.29, 1.82) is 0 Å². The van der Waals surface area contributed by atoms with E-state index in [9.17, 15) is 14.4 Å². The number of hydrogen-bond acceptors (Lipinski definition) is 6. The summed E-state index contributed by atoms with van der Waals surface area (Å²) in [6.07, 6.45) is 1.42. The number of para-hydroxylation sites is 2. The topological polar surface area (TPSA) is 105 Å². The maximum Gasteiger partial charge on any atom is 0.325 e. The van der Waals surface area contributed by atoms with Gasteiger partial charge in [0.05, 0.1) is 7.11 Å². The summed E-state index contributed by atoms with van der Waals surface area (Å²) in [5.74, 6) is 0.775. The Bertz CT molecular complexity index is 1210. The van der Waals surface area contributed by atoms with Crippen molar-refractivity contribution in [3.8, 4) is 5.75 Å². The van der Waals surface area contributed by atoms with E-state index in [0.717, 1.165) is 16.0 Å². The van der Waals surface area contributed by atoms with Crippen LogP contribution in [0.1, 0.15) is 37.1 Å². The quantitative estimate of drug-likeness (QED) is 0.585. The number of methoxy groups -OCH3 is 1. The molecule has 176 valence electrons. The monoisotopic (exact) mass is 462 g/mol. The first-order valence-electron chi connectivity index (χ1n) is 11.3. The number of imide groups is 1. The number of urea groups is 1. The molecule has 9 nitrogen and oxygen atoms in total. The molecule has 2 aromatic carbocycles. The number of carbonyl (C=O) groups excluding carboxylic acids is 3. The average Bonchev–Trinajstić information content (AvgIpc) is 3.39. The van der Waals surface area contributed by atoms with E-state index >= 15 is 0 Å². The van der Waals surface area contributed by atoms with Crippen molar-refractivity contribution in [3.63, 3.8) is 0 Å². The van der Waals surface area contributed by atoms with Crippen LogP contribution in [-0.4, -0.2) is 59.4 Å². The number of carbonyl (C=O) groups is 3. The summed E-state index contributed by atoms with van der Waals surface area (Å²) >= 11 is 0. The number of nitrogens with zero attached hydrogens (tertiary/aromatic N) is 3. The Morgan fingerprint density at radius 3 is 2.53 bits per heavy atom. The van der Waals surface area contributed by atoms with E-state index in [-0.39, 0.29) is 18.4 Å². The Morgan fingerprint density at radius 2 is 1.85 bits per heavy atom. The third kappa shape index (κ3) is 3.76. The van der Waals surface area contributed by atoms with Crippen LogP contribution in [0.2, 0.25) is 0 Å². The first-order valence-corrected chi connectivity index (χ1v) is 11.3. The zero-order chi connectivity index (χ0) is 23.9. The molecule has 2 saturated heterocycles. The van der Waals surface area contributed by atoms with Gasteiger partial charge in [-0.2, -0.15) is 0 Å². The highest BCUT2D eigenvalue weighted by atomic mass is 16.5. The van der Waals surface area contributed by atoms with Gasteiger partial charge in [-0.1, -0.05) is 24.3 Å². The fourth-order valence-electron chi connectivity index (χ4n) is 4.64. The smallest absolute Gasteiger partial charge is 0.325 e. The Hall–Kier alpha value is -3.88. The van der Waals surface area contributed by atoms with Crippen molar-refractivity contribution in [1.82, 2.24) is 20.1 Å². The largest absolute Gasteiger partial charge is 0.497 e. The number of ether oxygens (including phenoxy) is 1. The van der Waals surface area contributed by atoms with Crippen molar-refractivity contribution in [3.05, 3.63) is 60.0 Å². The number of amides is 4. The first-order chi connectivity index (χ1) is 16.4. The van der Waals surface area contributed by atoms with E-state index in [0.29, 0.717) is 43.1 Å². The Kier molecular flexibility index (Phi) is 5.47. The van der Waals surface area contributed by atoms with Crippen LogP contribution in [0.25, 0.3) is 11.1 Å². The van der Waals surface area contributed by atoms with Crippen LogP contribution >= 0.6 is 0 Å². The number of fused-ring (bicyclic) bond motifs is 1. The molecule has 3 heterocycles. The van der Waals surface area contributed by atoms with E-state index in [1.165, 1.54) is 0 Å². The zero-order valence-corrected chi connectivity index (χ0v) is 19.1. The van der Waals surface area contributed by atoms with Gasteiger partial charge < -0.3 is 19.4 Å². The number of oxazole rings is 1. The van der Waals surface area contributed by atoms with Gasteiger partial charge in [0, 0.05) is 19.0 Å². The van der Waals surface area contributed by atoms with Crippen LogP contribution in [0, 0.1) is 0 Å². The molecule has 3 aromatic rings. The molecule has 4 amide bonds. The van der Waals surface area contributed by atoms with Gasteiger partial charge in [0.1, 0.15) is 23.3 Å². The average molecular weight is 463 g/mol. The molecular formula is C25H26N4O5. The van der Waals surface area contributed by atoms with Gasteiger partial charge in [-0.3, -0.25) is 14.5 Å². The molecule has 0 saturated carbocycles. The molecule has 0 spiro atoms. The summed E-state index contributed by atoms with van der Waals surface area (Å²) in [7, 11) is 1.56. The lowest BCUT2D eigenvalue weighted by atomic mass is 9.92. The van der Waals surface area contributed by atoms with Gasteiger partial charge in [0.25, 0.3) is 5.91 Å². The Balaban J connectivity index is 1.22. The van der Waals surface area contributed by atoms with Crippen LogP contribution in [0.5, 0.6) is 5.75 Å². The number of piperidine rings is 1. The van der Waals surface area contributed by atoms with E-state index in [4.69, 9.17) is 9.15 Å². The Labute approximate surface area is 196 Å². The third-order valence-corrected chi connectivity index (χ3v) is 6.74. The SMILES string of the molecule is COc1ccc(C2(C)NC(=O)N(CC(=O)N3CCC(c4nc5ccccc5o4)CC3)C2=O)cc1. The maximum absolute atomic E-state index is 13.2. The zero-order valence-electron chi connectivity index (χ0n) is 19.1. The van der Waals surface area contributed by atoms with Gasteiger partial charge in [0.15, 0.2) is 11.5 Å². The highest BCUT2D eigenvalue weighted by molar-refractivity contribution is 6.09. The highest BCUT2D eigenvalue weighted by Gasteiger charge is 2.49. The fraction of sp³-hybridized carbons (Fsp3) is 0.360. The first kappa shape index (κ1) is 21.9. The molecule has 0 radical (unpaired) electrons. The summed E-state index contributed by atoms with van der Waals surface area (Å²) in [5.41, 5.74) is 0.980. The second kappa shape index (κ2) is 8.48. The molecule has 5 rings (SSSR count). The van der Waals surface area contributed by atoms with Crippen molar-refractivity contribution >= 4 is 28.9 Å². The van der Waals surface area contributed by atoms with Crippen molar-refractivity contribution in [2.75, 3.05) is 26.7 Å². The van der Waals surface area contributed by atoms with E-state index < -0.39 is 17.5 Å². The minimum absolute atomic E-state index is 0.131. The number of aromatic nitrogens is 1. The van der Waals surface area contributed by atoms with Gasteiger partial charge in [-0.05, 0) is 49.6 Å². The molecule has 1 atom stereocenters. The number of benzene rings is 2. The second-order valence-electron chi connectivity index (χ2n) is 8.85. The Morgan fingerprint density at radius 1 is 1.15 bits per heavy atom. The van der Waals surface area contributed by atoms with Crippen LogP contribution in [0.3, 0.4) is 0 Å². The number of nitrogens with one attached hydrogen (secondary N) is 1. The molecule has 9 heteroatoms. The summed E-state index contributed by atoms with van der Waals surface area (Å²) in [5, 5.41) is 2.74. The minimum Gasteiger partial charge on any atom is -0.497 e. The molecule has 1 aromatic heterocycles. The normalized spacial score (nSPS) is 21.2. The maximum atomic E-state index is 13.2. The minimum atomic E-state index is -1.23. The lowest BCUT2D eigenvalue weighted by Crippen LogP contribution is -2.46. The molecular weight excluding hydrogens is 436 g/mol. The lowest BCUT2D eigenvalue weighted by Gasteiger charge is -2.31. The number of likely N-dealkylation sites (tertiary alicyclic amines) is 1. The van der Waals surface area contributed by atoms with Crippen LogP contribution in [0.15, 0.2) is 52.9 Å². The van der Waals surface area contributed by atoms with Crippen LogP contribution in [0.4, 0.5) is 4.79 Å². The molecule has 1 unspecified atom stereocenters. The summed E-state index contributed by atoms with van der Waals surface area (Å²) < 4.78 is 11.1. The molecule has 34 heavy (non-hydrogen) atoms. The molecule has 0 aliphatic carbocycles. The highest BCUT2D eigenvalue weighted by Crippen LogP contribution is 2.32. The van der Waals surface area contributed by atoms with Crippen LogP contribution < -0.4 is 10.1 Å². The number of hydrogen-bond donors (Lipinski definition) is 1. The number of rotatable bonds is 5. The predicted octanol–water partition coefficient (Wildman–Crippen LogP) is 3.01. The molecule has 0 bridgehead atoms.